The second-order valence-electron chi connectivity index (χ2n) is 4.91. The van der Waals surface area contributed by atoms with Crippen LogP contribution in [0, 0.1) is 6.92 Å². The van der Waals surface area contributed by atoms with Gasteiger partial charge in [-0.05, 0) is 31.2 Å². The van der Waals surface area contributed by atoms with Crippen LogP contribution in [0.5, 0.6) is 0 Å². The fraction of sp³-hybridized carbons (Fsp3) is 0.0625. The van der Waals surface area contributed by atoms with Crippen LogP contribution >= 0.6 is 11.3 Å². The summed E-state index contributed by atoms with van der Waals surface area (Å²) in [4.78, 5) is 21.7. The number of thiazole rings is 1. The number of rotatable bonds is 3. The van der Waals surface area contributed by atoms with Crippen LogP contribution in [0.3, 0.4) is 0 Å². The quantitative estimate of drug-likeness (QED) is 0.625. The summed E-state index contributed by atoms with van der Waals surface area (Å²) < 4.78 is 7.27. The Balaban J connectivity index is 1.81. The fourth-order valence-electron chi connectivity index (χ4n) is 2.34. The zero-order valence-corrected chi connectivity index (χ0v) is 13.0. The van der Waals surface area contributed by atoms with Crippen molar-refractivity contribution in [1.82, 2.24) is 14.4 Å². The number of carbonyl (C=O) groups is 1. The van der Waals surface area contributed by atoms with Crippen molar-refractivity contribution in [2.45, 2.75) is 6.92 Å². The van der Waals surface area contributed by atoms with E-state index in [1.54, 1.807) is 18.5 Å². The smallest absolute Gasteiger partial charge is 0.268 e. The minimum absolute atomic E-state index is 0.214. The molecule has 0 fully saturated rings. The first-order valence-electron chi connectivity index (χ1n) is 6.97. The third kappa shape index (κ3) is 2.40. The number of nitrogens with one attached hydrogen (secondary N) is 1. The van der Waals surface area contributed by atoms with E-state index in [4.69, 9.17) is 4.42 Å². The van der Waals surface area contributed by atoms with E-state index in [-0.39, 0.29) is 5.91 Å². The van der Waals surface area contributed by atoms with Gasteiger partial charge < -0.3 is 9.73 Å². The molecule has 4 rings (SSSR count). The van der Waals surface area contributed by atoms with Crippen LogP contribution in [0.2, 0.25) is 0 Å². The van der Waals surface area contributed by atoms with E-state index in [1.807, 2.05) is 41.8 Å². The van der Waals surface area contributed by atoms with Gasteiger partial charge in [-0.15, -0.1) is 11.3 Å². The number of nitrogens with zero attached hydrogens (tertiary/aromatic N) is 3. The maximum absolute atomic E-state index is 12.5. The zero-order valence-electron chi connectivity index (χ0n) is 12.2. The summed E-state index contributed by atoms with van der Waals surface area (Å²) in [6.45, 7) is 1.87. The van der Waals surface area contributed by atoms with Crippen LogP contribution < -0.4 is 5.32 Å². The molecule has 0 atom stereocenters. The monoisotopic (exact) mass is 324 g/mol. The molecule has 23 heavy (non-hydrogen) atoms. The second-order valence-corrected chi connectivity index (χ2v) is 6.15. The number of aromatic nitrogens is 3. The largest absolute Gasteiger partial charge is 0.463 e. The molecular weight excluding hydrogens is 312 g/mol. The van der Waals surface area contributed by atoms with Gasteiger partial charge in [-0.25, -0.2) is 9.97 Å². The molecule has 4 aromatic rings. The van der Waals surface area contributed by atoms with Crippen molar-refractivity contribution in [1.29, 1.82) is 0 Å². The minimum Gasteiger partial charge on any atom is -0.463 e. The van der Waals surface area contributed by atoms with Crippen molar-refractivity contribution in [3.05, 3.63) is 58.9 Å². The van der Waals surface area contributed by atoms with Crippen molar-refractivity contribution >= 4 is 28.7 Å². The Morgan fingerprint density at radius 2 is 2.22 bits per heavy atom. The minimum atomic E-state index is -0.214. The molecule has 0 saturated carbocycles. The predicted octanol–water partition coefficient (Wildman–Crippen LogP) is 3.61. The lowest BCUT2D eigenvalue weighted by atomic mass is 10.3. The Morgan fingerprint density at radius 1 is 1.30 bits per heavy atom. The molecule has 0 bridgehead atoms. The lowest BCUT2D eigenvalue weighted by Gasteiger charge is -2.05. The SMILES string of the molecule is Cc1ncc(C(=O)Nc2c(-c3ccco3)nc3ccccn23)s1. The molecule has 0 spiro atoms. The average Bonchev–Trinajstić information content (AvgIpc) is 3.27. The standard InChI is InChI=1S/C16H12N4O2S/c1-10-17-9-12(23-10)16(21)19-15-14(11-5-4-8-22-11)18-13-6-2-3-7-20(13)15/h2-9H,1H3,(H,19,21). The first-order chi connectivity index (χ1) is 11.2. The molecule has 4 aromatic heterocycles. The molecular formula is C16H12N4O2S. The van der Waals surface area contributed by atoms with Crippen molar-refractivity contribution in [3.8, 4) is 11.5 Å². The third-order valence-electron chi connectivity index (χ3n) is 3.36. The van der Waals surface area contributed by atoms with Crippen LogP contribution in [0.4, 0.5) is 5.82 Å². The number of amides is 1. The van der Waals surface area contributed by atoms with Gasteiger partial charge in [0, 0.05) is 6.20 Å². The Labute approximate surface area is 135 Å². The molecule has 0 aliphatic rings. The highest BCUT2D eigenvalue weighted by Gasteiger charge is 2.19. The summed E-state index contributed by atoms with van der Waals surface area (Å²) in [6, 6.07) is 9.25. The first-order valence-corrected chi connectivity index (χ1v) is 7.79. The topological polar surface area (TPSA) is 72.4 Å². The molecule has 0 aromatic carbocycles. The Bertz CT molecular complexity index is 985. The summed E-state index contributed by atoms with van der Waals surface area (Å²) in [5, 5.41) is 3.77. The van der Waals surface area contributed by atoms with Gasteiger partial charge in [0.05, 0.1) is 17.5 Å². The van der Waals surface area contributed by atoms with E-state index in [0.29, 0.717) is 22.1 Å². The first kappa shape index (κ1) is 13.7. The highest BCUT2D eigenvalue weighted by atomic mass is 32.1. The molecule has 1 N–H and O–H groups in total. The van der Waals surface area contributed by atoms with Gasteiger partial charge in [0.25, 0.3) is 5.91 Å². The number of furan rings is 1. The summed E-state index contributed by atoms with van der Waals surface area (Å²) in [6.07, 6.45) is 5.00. The van der Waals surface area contributed by atoms with Crippen LogP contribution in [-0.2, 0) is 0 Å². The molecule has 0 aliphatic carbocycles. The van der Waals surface area contributed by atoms with Crippen LogP contribution in [-0.4, -0.2) is 20.3 Å². The van der Waals surface area contributed by atoms with Crippen molar-refractivity contribution in [3.63, 3.8) is 0 Å². The average molecular weight is 324 g/mol. The Hall–Kier alpha value is -2.93. The molecule has 7 heteroatoms. The van der Waals surface area contributed by atoms with E-state index in [2.05, 4.69) is 15.3 Å². The molecule has 1 amide bonds. The summed E-state index contributed by atoms with van der Waals surface area (Å²) in [7, 11) is 0. The highest BCUT2D eigenvalue weighted by molar-refractivity contribution is 7.13. The number of anilines is 1. The van der Waals surface area contributed by atoms with Crippen molar-refractivity contribution in [2.75, 3.05) is 5.32 Å². The van der Waals surface area contributed by atoms with Crippen LogP contribution in [0.15, 0.2) is 53.4 Å². The number of carbonyl (C=O) groups excluding carboxylic acids is 1. The van der Waals surface area contributed by atoms with Crippen LogP contribution in [0.1, 0.15) is 14.7 Å². The fourth-order valence-corrected chi connectivity index (χ4v) is 3.01. The van der Waals surface area contributed by atoms with E-state index in [1.165, 1.54) is 11.3 Å². The Kier molecular flexibility index (Phi) is 3.20. The van der Waals surface area contributed by atoms with Crippen molar-refractivity contribution in [2.24, 2.45) is 0 Å². The maximum Gasteiger partial charge on any atom is 0.268 e. The summed E-state index contributed by atoms with van der Waals surface area (Å²) in [5.74, 6) is 0.963. The van der Waals surface area contributed by atoms with Crippen molar-refractivity contribution < 1.29 is 9.21 Å². The molecule has 0 unspecified atom stereocenters. The van der Waals surface area contributed by atoms with Gasteiger partial charge in [0.2, 0.25) is 0 Å². The molecule has 0 radical (unpaired) electrons. The second kappa shape index (κ2) is 5.36. The van der Waals surface area contributed by atoms with Gasteiger partial charge in [-0.2, -0.15) is 0 Å². The third-order valence-corrected chi connectivity index (χ3v) is 4.27. The van der Waals surface area contributed by atoms with E-state index in [0.717, 1.165) is 10.7 Å². The van der Waals surface area contributed by atoms with Gasteiger partial charge in [0.1, 0.15) is 22.0 Å². The molecule has 0 saturated heterocycles. The lowest BCUT2D eigenvalue weighted by Crippen LogP contribution is -2.12. The zero-order chi connectivity index (χ0) is 15.8. The maximum atomic E-state index is 12.5. The number of fused-ring (bicyclic) bond motifs is 1. The predicted molar refractivity (Wildman–Crippen MR) is 87.7 cm³/mol. The van der Waals surface area contributed by atoms with Gasteiger partial charge >= 0.3 is 0 Å². The van der Waals surface area contributed by atoms with Gasteiger partial charge in [-0.1, -0.05) is 6.07 Å². The van der Waals surface area contributed by atoms with E-state index < -0.39 is 0 Å². The molecule has 6 nitrogen and oxygen atoms in total. The highest BCUT2D eigenvalue weighted by Crippen LogP contribution is 2.29. The normalized spacial score (nSPS) is 11.0. The van der Waals surface area contributed by atoms with E-state index in [9.17, 15) is 4.79 Å². The molecule has 114 valence electrons. The number of imidazole rings is 1. The molecule has 0 aliphatic heterocycles. The number of pyridine rings is 1. The van der Waals surface area contributed by atoms with Gasteiger partial charge in [-0.3, -0.25) is 9.20 Å². The summed E-state index contributed by atoms with van der Waals surface area (Å²) >= 11 is 1.35. The number of hydrogen-bond donors (Lipinski definition) is 1. The Morgan fingerprint density at radius 3 is 2.96 bits per heavy atom. The van der Waals surface area contributed by atoms with Gasteiger partial charge in [0.15, 0.2) is 5.76 Å². The lowest BCUT2D eigenvalue weighted by molar-refractivity contribution is 0.103. The number of hydrogen-bond acceptors (Lipinski definition) is 5. The van der Waals surface area contributed by atoms with Crippen LogP contribution in [0.25, 0.3) is 17.1 Å². The number of aryl methyl sites for hydroxylation is 1. The molecule has 4 heterocycles. The van der Waals surface area contributed by atoms with E-state index >= 15 is 0 Å². The summed E-state index contributed by atoms with van der Waals surface area (Å²) in [5.41, 5.74) is 1.32.